The van der Waals surface area contributed by atoms with Crippen molar-refractivity contribution in [2.24, 2.45) is 16.7 Å². The van der Waals surface area contributed by atoms with Crippen LogP contribution in [0.4, 0.5) is 0 Å². The first-order valence-corrected chi connectivity index (χ1v) is 6.28. The second-order valence-electron chi connectivity index (χ2n) is 6.26. The second kappa shape index (κ2) is 4.02. The van der Waals surface area contributed by atoms with Gasteiger partial charge in [0.25, 0.3) is 0 Å². The molecule has 1 saturated heterocycles. The van der Waals surface area contributed by atoms with Crippen LogP contribution >= 0.6 is 0 Å². The van der Waals surface area contributed by atoms with Crippen molar-refractivity contribution < 1.29 is 9.53 Å². The van der Waals surface area contributed by atoms with Gasteiger partial charge < -0.3 is 10.1 Å². The molecule has 0 aromatic heterocycles. The Kier molecular flexibility index (Phi) is 2.99. The fourth-order valence-electron chi connectivity index (χ4n) is 3.78. The average molecular weight is 225 g/mol. The van der Waals surface area contributed by atoms with Gasteiger partial charge in [-0.3, -0.25) is 4.79 Å². The fraction of sp³-hybridized carbons (Fsp3) is 0.923. The van der Waals surface area contributed by atoms with Crippen molar-refractivity contribution in [3.8, 4) is 0 Å². The van der Waals surface area contributed by atoms with Crippen molar-refractivity contribution in [3.05, 3.63) is 0 Å². The lowest BCUT2D eigenvalue weighted by molar-refractivity contribution is -0.150. The summed E-state index contributed by atoms with van der Waals surface area (Å²) in [5, 5.41) is 3.39. The van der Waals surface area contributed by atoms with Crippen LogP contribution in [0.3, 0.4) is 0 Å². The van der Waals surface area contributed by atoms with Gasteiger partial charge in [-0.1, -0.05) is 20.3 Å². The maximum atomic E-state index is 11.8. The molecule has 3 heteroatoms. The van der Waals surface area contributed by atoms with Crippen molar-refractivity contribution in [2.45, 2.75) is 39.5 Å². The number of carbonyl (C=O) groups excluding carboxylic acids is 1. The van der Waals surface area contributed by atoms with E-state index in [0.29, 0.717) is 5.41 Å². The highest BCUT2D eigenvalue weighted by atomic mass is 16.5. The zero-order valence-corrected chi connectivity index (χ0v) is 10.6. The molecule has 1 aliphatic carbocycles. The maximum absolute atomic E-state index is 11.8. The molecule has 0 radical (unpaired) electrons. The summed E-state index contributed by atoms with van der Waals surface area (Å²) in [7, 11) is 1.50. The Morgan fingerprint density at radius 2 is 2.12 bits per heavy atom. The first kappa shape index (κ1) is 11.9. The van der Waals surface area contributed by atoms with Crippen molar-refractivity contribution in [3.63, 3.8) is 0 Å². The SMILES string of the molecule is COC(=O)C1CNCC12CCCC(C)(C)C2. The van der Waals surface area contributed by atoms with Crippen LogP contribution in [0, 0.1) is 16.7 Å². The van der Waals surface area contributed by atoms with Crippen LogP contribution in [0.2, 0.25) is 0 Å². The number of rotatable bonds is 1. The van der Waals surface area contributed by atoms with Crippen LogP contribution in [0.5, 0.6) is 0 Å². The van der Waals surface area contributed by atoms with E-state index in [1.807, 2.05) is 0 Å². The number of methoxy groups -OCH3 is 1. The molecule has 2 atom stereocenters. The predicted molar refractivity (Wildman–Crippen MR) is 63.1 cm³/mol. The quantitative estimate of drug-likeness (QED) is 0.693. The number of ether oxygens (including phenoxy) is 1. The smallest absolute Gasteiger partial charge is 0.310 e. The molecule has 2 aliphatic rings. The lowest BCUT2D eigenvalue weighted by atomic mass is 9.60. The Bertz CT molecular complexity index is 288. The van der Waals surface area contributed by atoms with E-state index in [4.69, 9.17) is 4.74 Å². The summed E-state index contributed by atoms with van der Waals surface area (Å²) in [5.74, 6) is 0.0415. The Morgan fingerprint density at radius 3 is 2.75 bits per heavy atom. The van der Waals surface area contributed by atoms with E-state index in [1.54, 1.807) is 0 Å². The Morgan fingerprint density at radius 1 is 1.38 bits per heavy atom. The largest absolute Gasteiger partial charge is 0.469 e. The molecule has 1 aliphatic heterocycles. The molecule has 2 fully saturated rings. The van der Waals surface area contributed by atoms with E-state index in [1.165, 1.54) is 26.4 Å². The minimum absolute atomic E-state index is 0.0253. The van der Waals surface area contributed by atoms with Gasteiger partial charge in [0.15, 0.2) is 0 Å². The van der Waals surface area contributed by atoms with Gasteiger partial charge in [-0.2, -0.15) is 0 Å². The van der Waals surface area contributed by atoms with Crippen LogP contribution in [0.25, 0.3) is 0 Å². The molecule has 0 amide bonds. The third-order valence-corrected chi connectivity index (χ3v) is 4.41. The zero-order chi connectivity index (χ0) is 11.8. The molecule has 0 bridgehead atoms. The number of hydrogen-bond donors (Lipinski definition) is 1. The highest BCUT2D eigenvalue weighted by molar-refractivity contribution is 5.74. The van der Waals surface area contributed by atoms with E-state index >= 15 is 0 Å². The number of carbonyl (C=O) groups is 1. The van der Waals surface area contributed by atoms with Crippen molar-refractivity contribution in [1.29, 1.82) is 0 Å². The molecular formula is C13H23NO2. The Labute approximate surface area is 97.9 Å². The van der Waals surface area contributed by atoms with Crippen LogP contribution in [-0.2, 0) is 9.53 Å². The first-order chi connectivity index (χ1) is 7.49. The minimum Gasteiger partial charge on any atom is -0.469 e. The predicted octanol–water partition coefficient (Wildman–Crippen LogP) is 1.97. The summed E-state index contributed by atoms with van der Waals surface area (Å²) >= 11 is 0. The van der Waals surface area contributed by atoms with E-state index in [-0.39, 0.29) is 17.3 Å². The number of nitrogens with one attached hydrogen (secondary N) is 1. The summed E-state index contributed by atoms with van der Waals surface area (Å²) in [5.41, 5.74) is 0.533. The monoisotopic (exact) mass is 225 g/mol. The minimum atomic E-state index is -0.0253. The Balaban J connectivity index is 2.19. The van der Waals surface area contributed by atoms with E-state index < -0.39 is 0 Å². The summed E-state index contributed by atoms with van der Waals surface area (Å²) in [6.07, 6.45) is 4.83. The Hall–Kier alpha value is -0.570. The molecule has 1 spiro atoms. The lowest BCUT2D eigenvalue weighted by Crippen LogP contribution is -2.42. The van der Waals surface area contributed by atoms with E-state index in [9.17, 15) is 4.79 Å². The van der Waals surface area contributed by atoms with E-state index in [0.717, 1.165) is 19.5 Å². The number of esters is 1. The second-order valence-corrected chi connectivity index (χ2v) is 6.26. The van der Waals surface area contributed by atoms with Crippen LogP contribution in [0.1, 0.15) is 39.5 Å². The summed E-state index contributed by atoms with van der Waals surface area (Å²) in [6.45, 7) is 6.42. The zero-order valence-electron chi connectivity index (χ0n) is 10.6. The molecule has 1 N–H and O–H groups in total. The molecule has 1 saturated carbocycles. The first-order valence-electron chi connectivity index (χ1n) is 6.28. The molecular weight excluding hydrogens is 202 g/mol. The maximum Gasteiger partial charge on any atom is 0.310 e. The van der Waals surface area contributed by atoms with Gasteiger partial charge >= 0.3 is 5.97 Å². The molecule has 2 rings (SSSR count). The molecule has 16 heavy (non-hydrogen) atoms. The topological polar surface area (TPSA) is 38.3 Å². The third-order valence-electron chi connectivity index (χ3n) is 4.41. The summed E-state index contributed by atoms with van der Waals surface area (Å²) in [4.78, 5) is 11.8. The molecule has 92 valence electrons. The highest BCUT2D eigenvalue weighted by Crippen LogP contribution is 2.51. The molecule has 0 aromatic rings. The van der Waals surface area contributed by atoms with Crippen LogP contribution in [-0.4, -0.2) is 26.2 Å². The molecule has 2 unspecified atom stereocenters. The van der Waals surface area contributed by atoms with Crippen molar-refractivity contribution in [2.75, 3.05) is 20.2 Å². The van der Waals surface area contributed by atoms with Gasteiger partial charge in [-0.15, -0.1) is 0 Å². The average Bonchev–Trinajstić information content (AvgIpc) is 2.58. The van der Waals surface area contributed by atoms with Crippen molar-refractivity contribution in [1.82, 2.24) is 5.32 Å². The van der Waals surface area contributed by atoms with Crippen molar-refractivity contribution >= 4 is 5.97 Å². The van der Waals surface area contributed by atoms with Gasteiger partial charge in [0, 0.05) is 13.1 Å². The van der Waals surface area contributed by atoms with Crippen LogP contribution in [0.15, 0.2) is 0 Å². The molecule has 0 aromatic carbocycles. The standard InChI is InChI=1S/C13H23NO2/c1-12(2)5-4-6-13(8-12)9-14-7-10(13)11(15)16-3/h10,14H,4-9H2,1-3H3. The summed E-state index contributed by atoms with van der Waals surface area (Å²) in [6, 6.07) is 0. The summed E-state index contributed by atoms with van der Waals surface area (Å²) < 4.78 is 4.95. The van der Waals surface area contributed by atoms with E-state index in [2.05, 4.69) is 19.2 Å². The molecule has 3 nitrogen and oxygen atoms in total. The van der Waals surface area contributed by atoms with Crippen LogP contribution < -0.4 is 5.32 Å². The van der Waals surface area contributed by atoms with Gasteiger partial charge in [0.1, 0.15) is 0 Å². The fourth-order valence-corrected chi connectivity index (χ4v) is 3.78. The third kappa shape index (κ3) is 1.97. The van der Waals surface area contributed by atoms with Gasteiger partial charge in [0.05, 0.1) is 13.0 Å². The van der Waals surface area contributed by atoms with Gasteiger partial charge in [-0.05, 0) is 30.1 Å². The number of hydrogen-bond acceptors (Lipinski definition) is 3. The highest BCUT2D eigenvalue weighted by Gasteiger charge is 2.51. The van der Waals surface area contributed by atoms with Gasteiger partial charge in [-0.25, -0.2) is 0 Å². The van der Waals surface area contributed by atoms with Gasteiger partial charge in [0.2, 0.25) is 0 Å². The normalized spacial score (nSPS) is 37.6. The lowest BCUT2D eigenvalue weighted by Gasteiger charge is -2.44. The molecule has 1 heterocycles.